The van der Waals surface area contributed by atoms with Crippen molar-refractivity contribution in [3.63, 3.8) is 0 Å². The van der Waals surface area contributed by atoms with Crippen LogP contribution >= 0.6 is 11.3 Å². The number of amides is 1. The number of methoxy groups -OCH3 is 1. The molecule has 0 aliphatic heterocycles. The molecule has 0 atom stereocenters. The van der Waals surface area contributed by atoms with Gasteiger partial charge in [0.05, 0.1) is 23.0 Å². The molecular weight excluding hydrogens is 376 g/mol. The highest BCUT2D eigenvalue weighted by molar-refractivity contribution is 7.16. The van der Waals surface area contributed by atoms with Crippen LogP contribution in [0.25, 0.3) is 10.2 Å². The molecule has 0 aliphatic rings. The molecule has 1 amide bonds. The summed E-state index contributed by atoms with van der Waals surface area (Å²) in [5.74, 6) is -0.775. The summed E-state index contributed by atoms with van der Waals surface area (Å²) in [6.45, 7) is 9.81. The molecule has 0 unspecified atom stereocenters. The van der Waals surface area contributed by atoms with Crippen LogP contribution in [0.1, 0.15) is 47.2 Å². The first kappa shape index (κ1) is 20.0. The number of nitrogens with zero attached hydrogens (tertiary/aromatic N) is 4. The summed E-state index contributed by atoms with van der Waals surface area (Å²) in [5, 5.41) is 4.38. The molecule has 2 aromatic heterocycles. The Morgan fingerprint density at radius 3 is 2.50 bits per heavy atom. The van der Waals surface area contributed by atoms with Crippen LogP contribution in [0.15, 0.2) is 23.2 Å². The number of carbonyl (C=O) groups is 2. The predicted molar refractivity (Wildman–Crippen MR) is 109 cm³/mol. The van der Waals surface area contributed by atoms with Crippen molar-refractivity contribution >= 4 is 33.4 Å². The second-order valence-corrected chi connectivity index (χ2v) is 8.09. The van der Waals surface area contributed by atoms with Gasteiger partial charge >= 0.3 is 5.97 Å². The Labute approximate surface area is 167 Å². The second-order valence-electron chi connectivity index (χ2n) is 7.08. The van der Waals surface area contributed by atoms with Crippen molar-refractivity contribution in [2.24, 2.45) is 4.99 Å². The van der Waals surface area contributed by atoms with Crippen LogP contribution in [0.4, 0.5) is 0 Å². The maximum absolute atomic E-state index is 12.9. The number of aryl methyl sites for hydroxylation is 3. The molecule has 28 heavy (non-hydrogen) atoms. The van der Waals surface area contributed by atoms with Gasteiger partial charge in [0, 0.05) is 6.04 Å². The third-order valence-electron chi connectivity index (χ3n) is 4.58. The zero-order chi connectivity index (χ0) is 20.6. The molecule has 0 bridgehead atoms. The maximum Gasteiger partial charge on any atom is 0.325 e. The molecule has 3 aromatic rings. The van der Waals surface area contributed by atoms with Gasteiger partial charge < -0.3 is 9.30 Å². The highest BCUT2D eigenvalue weighted by Crippen LogP contribution is 2.22. The van der Waals surface area contributed by atoms with Gasteiger partial charge in [0.2, 0.25) is 0 Å². The smallest absolute Gasteiger partial charge is 0.325 e. The van der Waals surface area contributed by atoms with Crippen molar-refractivity contribution in [3.05, 3.63) is 45.5 Å². The van der Waals surface area contributed by atoms with Crippen molar-refractivity contribution in [2.75, 3.05) is 7.11 Å². The van der Waals surface area contributed by atoms with Gasteiger partial charge in [-0.3, -0.25) is 14.3 Å². The van der Waals surface area contributed by atoms with Crippen molar-refractivity contribution < 1.29 is 14.3 Å². The number of benzene rings is 1. The molecule has 0 radical (unpaired) electrons. The largest absolute Gasteiger partial charge is 0.468 e. The van der Waals surface area contributed by atoms with E-state index in [0.717, 1.165) is 27.0 Å². The number of esters is 1. The Kier molecular flexibility index (Phi) is 5.51. The van der Waals surface area contributed by atoms with E-state index in [1.54, 1.807) is 15.3 Å². The van der Waals surface area contributed by atoms with Gasteiger partial charge in [0.1, 0.15) is 12.2 Å². The van der Waals surface area contributed by atoms with E-state index in [4.69, 9.17) is 4.74 Å². The molecule has 7 nitrogen and oxygen atoms in total. The fourth-order valence-corrected chi connectivity index (χ4v) is 4.08. The SMILES string of the molecule is COC(=O)Cn1c(=NC(=O)c2cc(C)nn2C(C)C)sc2cc(C)c(C)cc21. The van der Waals surface area contributed by atoms with Crippen molar-refractivity contribution in [1.29, 1.82) is 0 Å². The molecule has 1 aromatic carbocycles. The molecular formula is C20H24N4O3S. The minimum absolute atomic E-state index is 0.00636. The van der Waals surface area contributed by atoms with E-state index in [2.05, 4.69) is 16.2 Å². The zero-order valence-corrected chi connectivity index (χ0v) is 17.8. The molecule has 8 heteroatoms. The monoisotopic (exact) mass is 400 g/mol. The molecule has 0 saturated carbocycles. The van der Waals surface area contributed by atoms with Gasteiger partial charge in [-0.05, 0) is 63.9 Å². The number of thiazole rings is 1. The fraction of sp³-hybridized carbons (Fsp3) is 0.400. The van der Waals surface area contributed by atoms with Crippen molar-refractivity contribution in [1.82, 2.24) is 14.3 Å². The van der Waals surface area contributed by atoms with Crippen LogP contribution in [0.5, 0.6) is 0 Å². The van der Waals surface area contributed by atoms with E-state index in [1.165, 1.54) is 18.4 Å². The summed E-state index contributed by atoms with van der Waals surface area (Å²) in [6.07, 6.45) is 0. The number of rotatable bonds is 4. The van der Waals surface area contributed by atoms with Crippen LogP contribution in [0, 0.1) is 20.8 Å². The predicted octanol–water partition coefficient (Wildman–Crippen LogP) is 3.32. The van der Waals surface area contributed by atoms with Crippen LogP contribution in [-0.2, 0) is 16.1 Å². The first-order valence-corrected chi connectivity index (χ1v) is 9.85. The summed E-state index contributed by atoms with van der Waals surface area (Å²) in [5.41, 5.74) is 4.30. The van der Waals surface area contributed by atoms with Crippen molar-refractivity contribution in [2.45, 2.75) is 47.2 Å². The lowest BCUT2D eigenvalue weighted by Crippen LogP contribution is -2.23. The lowest BCUT2D eigenvalue weighted by molar-refractivity contribution is -0.141. The van der Waals surface area contributed by atoms with Gasteiger partial charge in [0.25, 0.3) is 5.91 Å². The number of ether oxygens (including phenoxy) is 1. The summed E-state index contributed by atoms with van der Waals surface area (Å²) >= 11 is 1.38. The first-order valence-electron chi connectivity index (χ1n) is 9.04. The average molecular weight is 401 g/mol. The van der Waals surface area contributed by atoms with Gasteiger partial charge in [-0.2, -0.15) is 10.1 Å². The number of aromatic nitrogens is 3. The second kappa shape index (κ2) is 7.71. The normalized spacial score (nSPS) is 12.2. The highest BCUT2D eigenvalue weighted by atomic mass is 32.1. The number of hydrogen-bond donors (Lipinski definition) is 0. The number of carbonyl (C=O) groups excluding carboxylic acids is 2. The summed E-state index contributed by atoms with van der Waals surface area (Å²) < 4.78 is 9.20. The number of fused-ring (bicyclic) bond motifs is 1. The third kappa shape index (κ3) is 3.77. The van der Waals surface area contributed by atoms with E-state index in [1.807, 2.05) is 40.7 Å². The lowest BCUT2D eigenvalue weighted by Gasteiger charge is -2.08. The molecule has 0 N–H and O–H groups in total. The van der Waals surface area contributed by atoms with Crippen molar-refractivity contribution in [3.8, 4) is 0 Å². The Morgan fingerprint density at radius 1 is 1.18 bits per heavy atom. The minimum Gasteiger partial charge on any atom is -0.468 e. The summed E-state index contributed by atoms with van der Waals surface area (Å²) in [7, 11) is 1.35. The Hall–Kier alpha value is -2.74. The Bertz CT molecular complexity index is 1130. The fourth-order valence-electron chi connectivity index (χ4n) is 2.97. The summed E-state index contributed by atoms with van der Waals surface area (Å²) in [6, 6.07) is 5.83. The van der Waals surface area contributed by atoms with Gasteiger partial charge in [-0.25, -0.2) is 0 Å². The molecule has 0 spiro atoms. The van der Waals surface area contributed by atoms with Gasteiger partial charge in [-0.15, -0.1) is 0 Å². The minimum atomic E-state index is -0.394. The van der Waals surface area contributed by atoms with Crippen LogP contribution in [0.3, 0.4) is 0 Å². The highest BCUT2D eigenvalue weighted by Gasteiger charge is 2.17. The zero-order valence-electron chi connectivity index (χ0n) is 16.9. The molecule has 0 aliphatic carbocycles. The van der Waals surface area contributed by atoms with Gasteiger partial charge in [0.15, 0.2) is 4.80 Å². The quantitative estimate of drug-likeness (QED) is 0.630. The lowest BCUT2D eigenvalue weighted by atomic mass is 10.1. The average Bonchev–Trinajstić information content (AvgIpc) is 3.17. The summed E-state index contributed by atoms with van der Waals surface area (Å²) in [4.78, 5) is 29.7. The van der Waals surface area contributed by atoms with E-state index in [9.17, 15) is 9.59 Å². The molecule has 0 fully saturated rings. The van der Waals surface area contributed by atoms with E-state index >= 15 is 0 Å². The standard InChI is InChI=1S/C20H24N4O3S/c1-11(2)24-16(9-14(5)22-24)19(26)21-20-23(10-18(25)27-6)15-7-12(3)13(4)8-17(15)28-20/h7-9,11H,10H2,1-6H3. The first-order chi connectivity index (χ1) is 13.2. The van der Waals surface area contributed by atoms with Crippen LogP contribution in [-0.4, -0.2) is 33.3 Å². The van der Waals surface area contributed by atoms with E-state index in [-0.39, 0.29) is 18.5 Å². The third-order valence-corrected chi connectivity index (χ3v) is 5.62. The van der Waals surface area contributed by atoms with Gasteiger partial charge in [-0.1, -0.05) is 11.3 Å². The van der Waals surface area contributed by atoms with Crippen LogP contribution in [0.2, 0.25) is 0 Å². The van der Waals surface area contributed by atoms with E-state index < -0.39 is 5.97 Å². The Balaban J connectivity index is 2.19. The Morgan fingerprint density at radius 2 is 1.86 bits per heavy atom. The molecule has 0 saturated heterocycles. The topological polar surface area (TPSA) is 78.5 Å². The molecule has 2 heterocycles. The molecule has 3 rings (SSSR count). The van der Waals surface area contributed by atoms with E-state index in [0.29, 0.717) is 10.5 Å². The molecule has 148 valence electrons. The number of hydrogen-bond acceptors (Lipinski definition) is 5. The van der Waals surface area contributed by atoms with Crippen LogP contribution < -0.4 is 4.80 Å². The maximum atomic E-state index is 12.9.